The fraction of sp³-hybridized carbons (Fsp3) is 0.970. The molecule has 0 fully saturated rings. The third-order valence-corrected chi connectivity index (χ3v) is 6.27. The van der Waals surface area contributed by atoms with Gasteiger partial charge in [0.25, 0.3) is 0 Å². The maximum Gasteiger partial charge on any atom is 0.508 e. The molecule has 0 bridgehead atoms. The van der Waals surface area contributed by atoms with Gasteiger partial charge in [-0.15, -0.1) is 0 Å². The maximum absolute atomic E-state index is 12.9. The van der Waals surface area contributed by atoms with Crippen LogP contribution in [0.4, 0.5) is 4.79 Å². The number of hydrogen-bond acceptors (Lipinski definition) is 7. The van der Waals surface area contributed by atoms with Gasteiger partial charge < -0.3 is 9.47 Å². The molecule has 0 saturated carbocycles. The second-order valence-electron chi connectivity index (χ2n) is 15.2. The molecule has 40 heavy (non-hydrogen) atoms. The van der Waals surface area contributed by atoms with Crippen LogP contribution >= 0.6 is 0 Å². The van der Waals surface area contributed by atoms with Crippen molar-refractivity contribution in [3.05, 3.63) is 0 Å². The summed E-state index contributed by atoms with van der Waals surface area (Å²) in [4.78, 5) is 35.7. The number of carbonyl (C=O) groups is 1. The summed E-state index contributed by atoms with van der Waals surface area (Å²) in [5, 5.41) is 0. The van der Waals surface area contributed by atoms with Crippen LogP contribution in [0, 0.1) is 10.8 Å². The van der Waals surface area contributed by atoms with E-state index in [9.17, 15) is 4.79 Å². The van der Waals surface area contributed by atoms with Crippen molar-refractivity contribution in [2.45, 2.75) is 184 Å². The van der Waals surface area contributed by atoms with Gasteiger partial charge in [0.05, 0.1) is 11.2 Å². The van der Waals surface area contributed by atoms with Crippen molar-refractivity contribution in [1.82, 2.24) is 0 Å². The minimum atomic E-state index is -0.698. The zero-order valence-electron chi connectivity index (χ0n) is 28.4. The van der Waals surface area contributed by atoms with E-state index in [0.29, 0.717) is 12.8 Å². The number of carbonyl (C=O) groups excluding carboxylic acids is 1. The van der Waals surface area contributed by atoms with Crippen LogP contribution in [0.2, 0.25) is 0 Å². The van der Waals surface area contributed by atoms with Crippen LogP contribution in [0.15, 0.2) is 0 Å². The molecule has 240 valence electrons. The Morgan fingerprint density at radius 2 is 0.900 bits per heavy atom. The lowest BCUT2D eigenvalue weighted by Crippen LogP contribution is -2.34. The lowest BCUT2D eigenvalue weighted by molar-refractivity contribution is -0.367. The Labute approximate surface area is 247 Å². The normalized spacial score (nSPS) is 14.7. The zero-order valence-corrected chi connectivity index (χ0v) is 28.4. The third kappa shape index (κ3) is 23.8. The van der Waals surface area contributed by atoms with Crippen molar-refractivity contribution in [3.8, 4) is 0 Å². The summed E-state index contributed by atoms with van der Waals surface area (Å²) in [5.41, 5.74) is -0.695. The van der Waals surface area contributed by atoms with Crippen molar-refractivity contribution >= 4 is 6.16 Å². The highest BCUT2D eigenvalue weighted by atomic mass is 17.2. The summed E-state index contributed by atoms with van der Waals surface area (Å²) in [7, 11) is 0. The van der Waals surface area contributed by atoms with E-state index in [4.69, 9.17) is 29.0 Å². The monoisotopic (exact) mass is 574 g/mol. The predicted octanol–water partition coefficient (Wildman–Crippen LogP) is 10.1. The molecule has 0 N–H and O–H groups in total. The van der Waals surface area contributed by atoms with Crippen molar-refractivity contribution < 1.29 is 33.8 Å². The first-order valence-corrected chi connectivity index (χ1v) is 15.9. The van der Waals surface area contributed by atoms with Crippen molar-refractivity contribution in [3.63, 3.8) is 0 Å². The lowest BCUT2D eigenvalue weighted by atomic mass is 9.84. The van der Waals surface area contributed by atoms with Crippen LogP contribution in [0.25, 0.3) is 0 Å². The van der Waals surface area contributed by atoms with Gasteiger partial charge in [0.1, 0.15) is 25.4 Å². The molecule has 0 rings (SSSR count). The van der Waals surface area contributed by atoms with E-state index in [1.807, 2.05) is 27.7 Å². The molecule has 0 aromatic carbocycles. The highest BCUT2D eigenvalue weighted by molar-refractivity contribution is 5.60. The van der Waals surface area contributed by atoms with Gasteiger partial charge in [-0.05, 0) is 77.0 Å². The Morgan fingerprint density at radius 3 is 1.20 bits per heavy atom. The fourth-order valence-corrected chi connectivity index (χ4v) is 5.40. The molecule has 2 unspecified atom stereocenters. The van der Waals surface area contributed by atoms with Crippen molar-refractivity contribution in [2.75, 3.05) is 13.2 Å². The van der Waals surface area contributed by atoms with E-state index in [-0.39, 0.29) is 24.0 Å². The van der Waals surface area contributed by atoms with Gasteiger partial charge in [-0.3, -0.25) is 0 Å². The lowest BCUT2D eigenvalue weighted by Gasteiger charge is -2.31. The molecular weight excluding hydrogens is 508 g/mol. The van der Waals surface area contributed by atoms with E-state index in [1.165, 1.54) is 0 Å². The SMILES string of the molecule is CCCCCCC(COOC(C)(C)CC(C)(C)C)OC(=O)OC(CCCCCC)COOC(C)(C)CC(C)(C)C. The molecule has 0 spiro atoms. The molecule has 0 heterocycles. The first kappa shape index (κ1) is 39.1. The minimum Gasteiger partial charge on any atom is -0.428 e. The largest absolute Gasteiger partial charge is 0.508 e. The molecule has 7 heteroatoms. The second-order valence-corrected chi connectivity index (χ2v) is 15.2. The number of unbranched alkanes of at least 4 members (excludes halogenated alkanes) is 6. The molecule has 0 aliphatic rings. The Morgan fingerprint density at radius 1 is 0.550 bits per heavy atom. The summed E-state index contributed by atoms with van der Waals surface area (Å²) < 4.78 is 11.5. The molecular formula is C33H66O7. The third-order valence-electron chi connectivity index (χ3n) is 6.27. The van der Waals surface area contributed by atoms with Gasteiger partial charge in [0, 0.05) is 0 Å². The standard InChI is InChI=1S/C33H66O7/c1-13-15-17-19-21-27(23-35-39-32(9,10)25-30(3,4)5)37-29(34)38-28(22-20-18-16-14-2)24-36-40-33(11,12)26-31(6,7)8/h27-28H,13-26H2,1-12H3. The van der Waals surface area contributed by atoms with Gasteiger partial charge in [0.2, 0.25) is 0 Å². The van der Waals surface area contributed by atoms with E-state index < -0.39 is 29.6 Å². The zero-order chi connectivity index (χ0) is 30.9. The highest BCUT2D eigenvalue weighted by Crippen LogP contribution is 2.30. The number of rotatable bonds is 22. The van der Waals surface area contributed by atoms with E-state index in [1.54, 1.807) is 0 Å². The van der Waals surface area contributed by atoms with Crippen LogP contribution in [-0.2, 0) is 29.0 Å². The highest BCUT2D eigenvalue weighted by Gasteiger charge is 2.30. The Balaban J connectivity index is 5.10. The molecule has 7 nitrogen and oxygen atoms in total. The maximum atomic E-state index is 12.9. The smallest absolute Gasteiger partial charge is 0.428 e. The second kappa shape index (κ2) is 19.3. The Bertz CT molecular complexity index is 592. The van der Waals surface area contributed by atoms with E-state index >= 15 is 0 Å². The van der Waals surface area contributed by atoms with Crippen LogP contribution in [-0.4, -0.2) is 42.8 Å². The molecule has 2 atom stereocenters. The van der Waals surface area contributed by atoms with Gasteiger partial charge in [0.15, 0.2) is 0 Å². The quantitative estimate of drug-likeness (QED) is 0.0551. The molecule has 0 aliphatic carbocycles. The van der Waals surface area contributed by atoms with E-state index in [0.717, 1.165) is 64.2 Å². The topological polar surface area (TPSA) is 72.5 Å². The van der Waals surface area contributed by atoms with Gasteiger partial charge in [-0.25, -0.2) is 24.3 Å². The van der Waals surface area contributed by atoms with Crippen LogP contribution < -0.4 is 0 Å². The Hall–Kier alpha value is -0.890. The average molecular weight is 575 g/mol. The molecule has 0 amide bonds. The van der Waals surface area contributed by atoms with E-state index in [2.05, 4.69) is 55.4 Å². The first-order chi connectivity index (χ1) is 18.4. The summed E-state index contributed by atoms with van der Waals surface area (Å²) >= 11 is 0. The molecule has 0 saturated heterocycles. The molecule has 0 aromatic heterocycles. The van der Waals surface area contributed by atoms with Gasteiger partial charge in [-0.1, -0.05) is 93.9 Å². The molecule has 0 aliphatic heterocycles. The van der Waals surface area contributed by atoms with Crippen LogP contribution in [0.1, 0.15) is 160 Å². The molecule has 0 aromatic rings. The average Bonchev–Trinajstić information content (AvgIpc) is 2.75. The summed E-state index contributed by atoms with van der Waals surface area (Å²) in [6.45, 7) is 25.8. The first-order valence-electron chi connectivity index (χ1n) is 15.9. The van der Waals surface area contributed by atoms with Gasteiger partial charge in [-0.2, -0.15) is 0 Å². The molecule has 0 radical (unpaired) electrons. The van der Waals surface area contributed by atoms with Crippen LogP contribution in [0.3, 0.4) is 0 Å². The minimum absolute atomic E-state index is 0.104. The fourth-order valence-electron chi connectivity index (χ4n) is 5.40. The summed E-state index contributed by atoms with van der Waals surface area (Å²) in [6, 6.07) is 0. The Kier molecular flexibility index (Phi) is 18.9. The van der Waals surface area contributed by atoms with Crippen LogP contribution in [0.5, 0.6) is 0 Å². The van der Waals surface area contributed by atoms with Crippen molar-refractivity contribution in [2.24, 2.45) is 10.8 Å². The number of hydrogen-bond donors (Lipinski definition) is 0. The van der Waals surface area contributed by atoms with Gasteiger partial charge >= 0.3 is 6.16 Å². The summed E-state index contributed by atoms with van der Waals surface area (Å²) in [5.74, 6) is 0. The van der Waals surface area contributed by atoms with Crippen molar-refractivity contribution in [1.29, 1.82) is 0 Å². The predicted molar refractivity (Wildman–Crippen MR) is 163 cm³/mol. The number of ether oxygens (including phenoxy) is 2. The summed E-state index contributed by atoms with van der Waals surface area (Å²) in [6.07, 6.45) is 10.1.